The van der Waals surface area contributed by atoms with Gasteiger partial charge in [0.2, 0.25) is 11.8 Å². The van der Waals surface area contributed by atoms with Crippen LogP contribution in [0.5, 0.6) is 0 Å². The van der Waals surface area contributed by atoms with Gasteiger partial charge in [-0.25, -0.2) is 9.37 Å². The molecule has 7 heteroatoms. The third-order valence-electron chi connectivity index (χ3n) is 5.50. The van der Waals surface area contributed by atoms with Crippen LogP contribution in [0.1, 0.15) is 30.9 Å². The lowest BCUT2D eigenvalue weighted by molar-refractivity contribution is -0.120. The number of anilines is 1. The summed E-state index contributed by atoms with van der Waals surface area (Å²) < 4.78 is 26.2. The van der Waals surface area contributed by atoms with Gasteiger partial charge in [-0.15, -0.1) is 0 Å². The Morgan fingerprint density at radius 1 is 1.16 bits per heavy atom. The van der Waals surface area contributed by atoms with Gasteiger partial charge >= 0.3 is 0 Å². The molecule has 1 aromatic heterocycles. The molecule has 2 atom stereocenters. The van der Waals surface area contributed by atoms with Crippen LogP contribution in [0.25, 0.3) is 11.5 Å². The third-order valence-corrected chi connectivity index (χ3v) is 5.50. The van der Waals surface area contributed by atoms with E-state index in [1.807, 2.05) is 55.1 Å². The highest BCUT2D eigenvalue weighted by Crippen LogP contribution is 2.25. The number of benzene rings is 2. The number of aromatic nitrogens is 1. The second-order valence-electron chi connectivity index (χ2n) is 8.29. The molecule has 1 amide bonds. The first-order valence-corrected chi connectivity index (χ1v) is 10.9. The van der Waals surface area contributed by atoms with Gasteiger partial charge in [-0.05, 0) is 50.6 Å². The molecule has 2 heterocycles. The number of nitrogens with one attached hydrogen (secondary N) is 1. The molecule has 1 aliphatic heterocycles. The fourth-order valence-electron chi connectivity index (χ4n) is 4.00. The van der Waals surface area contributed by atoms with Crippen molar-refractivity contribution in [2.24, 2.45) is 0 Å². The van der Waals surface area contributed by atoms with E-state index in [9.17, 15) is 9.18 Å². The molecule has 1 saturated heterocycles. The number of nitrogens with zero attached hydrogens (tertiary/aromatic N) is 2. The Balaban J connectivity index is 1.35. The predicted octanol–water partition coefficient (Wildman–Crippen LogP) is 4.26. The number of carbonyl (C=O) groups is 1. The first-order valence-electron chi connectivity index (χ1n) is 10.9. The lowest BCUT2D eigenvalue weighted by atomic mass is 10.1. The largest absolute Gasteiger partial charge is 0.441 e. The van der Waals surface area contributed by atoms with Crippen LogP contribution >= 0.6 is 0 Å². The van der Waals surface area contributed by atoms with Crippen molar-refractivity contribution in [2.45, 2.75) is 45.9 Å². The third kappa shape index (κ3) is 5.16. The summed E-state index contributed by atoms with van der Waals surface area (Å²) in [5.74, 6) is 0.623. The molecule has 2 aromatic carbocycles. The van der Waals surface area contributed by atoms with Crippen molar-refractivity contribution in [3.8, 4) is 11.5 Å². The number of ether oxygens (including phenoxy) is 1. The Morgan fingerprint density at radius 3 is 2.56 bits per heavy atom. The summed E-state index contributed by atoms with van der Waals surface area (Å²) in [6.07, 6.45) is 0.214. The zero-order chi connectivity index (χ0) is 22.7. The summed E-state index contributed by atoms with van der Waals surface area (Å²) >= 11 is 0. The van der Waals surface area contributed by atoms with Crippen molar-refractivity contribution in [2.75, 3.05) is 18.0 Å². The number of morpholine rings is 1. The zero-order valence-electron chi connectivity index (χ0n) is 18.6. The molecule has 1 N–H and O–H groups in total. The van der Waals surface area contributed by atoms with Gasteiger partial charge in [-0.3, -0.25) is 4.79 Å². The molecule has 2 unspecified atom stereocenters. The zero-order valence-corrected chi connectivity index (χ0v) is 18.6. The maximum absolute atomic E-state index is 14.8. The summed E-state index contributed by atoms with van der Waals surface area (Å²) in [4.78, 5) is 18.9. The number of carbonyl (C=O) groups excluding carboxylic acids is 1. The van der Waals surface area contributed by atoms with Gasteiger partial charge in [-0.2, -0.15) is 0 Å². The van der Waals surface area contributed by atoms with Crippen LogP contribution in [-0.2, 0) is 22.5 Å². The normalized spacial score (nSPS) is 18.6. The van der Waals surface area contributed by atoms with Gasteiger partial charge in [0.1, 0.15) is 11.6 Å². The second-order valence-corrected chi connectivity index (χ2v) is 8.29. The van der Waals surface area contributed by atoms with Crippen LogP contribution in [0.15, 0.2) is 52.9 Å². The summed E-state index contributed by atoms with van der Waals surface area (Å²) in [6, 6.07) is 14.7. The highest BCUT2D eigenvalue weighted by atomic mass is 19.1. The quantitative estimate of drug-likeness (QED) is 0.624. The van der Waals surface area contributed by atoms with E-state index < -0.39 is 0 Å². The van der Waals surface area contributed by atoms with Crippen LogP contribution in [0.4, 0.5) is 10.1 Å². The Labute approximate surface area is 187 Å². The molecule has 0 bridgehead atoms. The molecule has 6 nitrogen and oxygen atoms in total. The van der Waals surface area contributed by atoms with Gasteiger partial charge in [0.15, 0.2) is 0 Å². The molecule has 0 aliphatic carbocycles. The van der Waals surface area contributed by atoms with E-state index in [2.05, 4.69) is 10.3 Å². The molecular formula is C25H28FN3O3. The van der Waals surface area contributed by atoms with Gasteiger partial charge in [0, 0.05) is 25.2 Å². The van der Waals surface area contributed by atoms with Crippen LogP contribution in [0, 0.1) is 12.7 Å². The summed E-state index contributed by atoms with van der Waals surface area (Å²) in [5, 5.41) is 2.84. The lowest BCUT2D eigenvalue weighted by Gasteiger charge is -2.37. The van der Waals surface area contributed by atoms with Crippen molar-refractivity contribution in [3.63, 3.8) is 0 Å². The number of rotatable bonds is 6. The molecule has 3 aromatic rings. The van der Waals surface area contributed by atoms with E-state index in [4.69, 9.17) is 9.15 Å². The minimum absolute atomic E-state index is 0.0551. The Morgan fingerprint density at radius 2 is 1.88 bits per heavy atom. The van der Waals surface area contributed by atoms with Crippen LogP contribution in [0.2, 0.25) is 0 Å². The molecular weight excluding hydrogens is 409 g/mol. The number of aryl methyl sites for hydroxylation is 1. The first-order chi connectivity index (χ1) is 15.4. The fourth-order valence-corrected chi connectivity index (χ4v) is 4.00. The van der Waals surface area contributed by atoms with Crippen LogP contribution in [-0.4, -0.2) is 36.2 Å². The molecule has 1 fully saturated rings. The minimum atomic E-state index is -0.294. The van der Waals surface area contributed by atoms with Crippen LogP contribution < -0.4 is 10.2 Å². The maximum Gasteiger partial charge on any atom is 0.226 e. The van der Waals surface area contributed by atoms with Crippen molar-refractivity contribution < 1.29 is 18.3 Å². The van der Waals surface area contributed by atoms with Crippen molar-refractivity contribution in [1.29, 1.82) is 0 Å². The Kier molecular flexibility index (Phi) is 6.55. The van der Waals surface area contributed by atoms with E-state index >= 15 is 0 Å². The molecule has 0 radical (unpaired) electrons. The molecule has 168 valence electrons. The average Bonchev–Trinajstić information content (AvgIpc) is 3.12. The molecule has 32 heavy (non-hydrogen) atoms. The van der Waals surface area contributed by atoms with Crippen molar-refractivity contribution in [3.05, 3.63) is 71.4 Å². The van der Waals surface area contributed by atoms with Gasteiger partial charge < -0.3 is 19.4 Å². The van der Waals surface area contributed by atoms with Gasteiger partial charge in [0.05, 0.1) is 30.0 Å². The second kappa shape index (κ2) is 9.53. The van der Waals surface area contributed by atoms with Crippen LogP contribution in [0.3, 0.4) is 0 Å². The number of halogens is 1. The Bertz CT molecular complexity index is 1070. The minimum Gasteiger partial charge on any atom is -0.441 e. The maximum atomic E-state index is 14.8. The summed E-state index contributed by atoms with van der Waals surface area (Å²) in [5.41, 5.74) is 2.73. The predicted molar refractivity (Wildman–Crippen MR) is 121 cm³/mol. The van der Waals surface area contributed by atoms with E-state index in [1.165, 1.54) is 6.07 Å². The standard InChI is InChI=1S/C25H28FN3O3/c1-16-14-29(15-17(2)31-16)23-10-9-19(11-21(23)26)13-27-24(30)12-22-18(3)32-25(28-22)20-7-5-4-6-8-20/h4-11,16-17H,12-15H2,1-3H3,(H,27,30). The lowest BCUT2D eigenvalue weighted by Crippen LogP contribution is -2.45. The Hall–Kier alpha value is -3.19. The van der Waals surface area contributed by atoms with Gasteiger partial charge in [0.25, 0.3) is 0 Å². The van der Waals surface area contributed by atoms with E-state index in [0.29, 0.717) is 41.7 Å². The number of oxazole rings is 1. The molecule has 0 spiro atoms. The topological polar surface area (TPSA) is 67.6 Å². The monoisotopic (exact) mass is 437 g/mol. The smallest absolute Gasteiger partial charge is 0.226 e. The molecule has 1 aliphatic rings. The average molecular weight is 438 g/mol. The van der Waals surface area contributed by atoms with E-state index in [-0.39, 0.29) is 36.9 Å². The number of amides is 1. The summed E-state index contributed by atoms with van der Waals surface area (Å²) in [7, 11) is 0. The highest BCUT2D eigenvalue weighted by molar-refractivity contribution is 5.78. The molecule has 0 saturated carbocycles. The van der Waals surface area contributed by atoms with Gasteiger partial charge in [-0.1, -0.05) is 24.3 Å². The SMILES string of the molecule is Cc1oc(-c2ccccc2)nc1CC(=O)NCc1ccc(N2CC(C)OC(C)C2)c(F)c1. The van der Waals surface area contributed by atoms with E-state index in [1.54, 1.807) is 13.0 Å². The van der Waals surface area contributed by atoms with Crippen molar-refractivity contribution >= 4 is 11.6 Å². The number of hydrogen-bond donors (Lipinski definition) is 1. The van der Waals surface area contributed by atoms with E-state index in [0.717, 1.165) is 5.56 Å². The molecule has 4 rings (SSSR count). The highest BCUT2D eigenvalue weighted by Gasteiger charge is 2.24. The summed E-state index contributed by atoms with van der Waals surface area (Å²) in [6.45, 7) is 7.32. The van der Waals surface area contributed by atoms with Crippen molar-refractivity contribution in [1.82, 2.24) is 10.3 Å². The fraction of sp³-hybridized carbons (Fsp3) is 0.360. The number of hydrogen-bond acceptors (Lipinski definition) is 5. The first kappa shape index (κ1) is 22.0.